The highest BCUT2D eigenvalue weighted by molar-refractivity contribution is 8.00. The molecule has 2 rings (SSSR count). The van der Waals surface area contributed by atoms with Crippen molar-refractivity contribution in [1.82, 2.24) is 0 Å². The van der Waals surface area contributed by atoms with E-state index in [2.05, 4.69) is 5.32 Å². The number of hydrogen-bond acceptors (Lipinski definition) is 2. The number of rotatable bonds is 4. The second-order valence-electron chi connectivity index (χ2n) is 4.21. The SMILES string of the molecule is C[C@@H](Sc1ccc(F)cc1)C(=O)Nc1ccc(F)cc1. The third-order valence-electron chi connectivity index (χ3n) is 2.61. The van der Waals surface area contributed by atoms with Crippen molar-refractivity contribution >= 4 is 23.4 Å². The van der Waals surface area contributed by atoms with E-state index in [1.54, 1.807) is 19.1 Å². The summed E-state index contributed by atoms with van der Waals surface area (Å²) in [6.45, 7) is 1.76. The van der Waals surface area contributed by atoms with Gasteiger partial charge < -0.3 is 5.32 Å². The first-order valence-corrected chi connectivity index (χ1v) is 6.91. The highest BCUT2D eigenvalue weighted by Crippen LogP contribution is 2.24. The monoisotopic (exact) mass is 293 g/mol. The molecule has 0 aliphatic heterocycles. The fraction of sp³-hybridized carbons (Fsp3) is 0.133. The standard InChI is InChI=1S/C15H13F2NOS/c1-10(20-14-8-4-12(17)5-9-14)15(19)18-13-6-2-11(16)3-7-13/h2-10H,1H3,(H,18,19)/t10-/m1/s1. The lowest BCUT2D eigenvalue weighted by atomic mass is 10.3. The van der Waals surface area contributed by atoms with Gasteiger partial charge in [-0.25, -0.2) is 8.78 Å². The normalized spacial score (nSPS) is 11.9. The van der Waals surface area contributed by atoms with Gasteiger partial charge in [-0.3, -0.25) is 4.79 Å². The molecule has 0 radical (unpaired) electrons. The Labute approximate surface area is 120 Å². The molecule has 2 aromatic carbocycles. The summed E-state index contributed by atoms with van der Waals surface area (Å²) in [6.07, 6.45) is 0. The van der Waals surface area contributed by atoms with Gasteiger partial charge in [-0.1, -0.05) is 0 Å². The van der Waals surface area contributed by atoms with Crippen LogP contribution in [0.2, 0.25) is 0 Å². The second kappa shape index (κ2) is 6.52. The van der Waals surface area contributed by atoms with Crippen LogP contribution in [0.1, 0.15) is 6.92 Å². The van der Waals surface area contributed by atoms with Crippen molar-refractivity contribution in [3.63, 3.8) is 0 Å². The molecule has 1 atom stereocenters. The molecule has 0 bridgehead atoms. The second-order valence-corrected chi connectivity index (χ2v) is 5.62. The number of nitrogens with one attached hydrogen (secondary N) is 1. The number of halogens is 2. The number of benzene rings is 2. The zero-order chi connectivity index (χ0) is 14.5. The molecule has 2 aromatic rings. The molecule has 2 nitrogen and oxygen atoms in total. The Kier molecular flexibility index (Phi) is 4.74. The summed E-state index contributed by atoms with van der Waals surface area (Å²) >= 11 is 1.33. The summed E-state index contributed by atoms with van der Waals surface area (Å²) in [5, 5.41) is 2.36. The Morgan fingerprint density at radius 1 is 1.00 bits per heavy atom. The molecule has 1 amide bonds. The zero-order valence-corrected chi connectivity index (χ0v) is 11.6. The number of carbonyl (C=O) groups is 1. The van der Waals surface area contributed by atoms with Crippen LogP contribution in [-0.2, 0) is 4.79 Å². The fourth-order valence-corrected chi connectivity index (χ4v) is 2.42. The summed E-state index contributed by atoms with van der Waals surface area (Å²) in [4.78, 5) is 12.8. The Morgan fingerprint density at radius 3 is 2.05 bits per heavy atom. The predicted molar refractivity (Wildman–Crippen MR) is 76.7 cm³/mol. The van der Waals surface area contributed by atoms with Crippen LogP contribution in [0.25, 0.3) is 0 Å². The summed E-state index contributed by atoms with van der Waals surface area (Å²) in [7, 11) is 0. The van der Waals surface area contributed by atoms with Crippen LogP contribution in [0.5, 0.6) is 0 Å². The summed E-state index contributed by atoms with van der Waals surface area (Å²) in [5.74, 6) is -0.847. The highest BCUT2D eigenvalue weighted by atomic mass is 32.2. The number of carbonyl (C=O) groups excluding carboxylic acids is 1. The van der Waals surface area contributed by atoms with Crippen LogP contribution >= 0.6 is 11.8 Å². The molecule has 0 saturated carbocycles. The van der Waals surface area contributed by atoms with E-state index in [1.165, 1.54) is 48.2 Å². The number of thioether (sulfide) groups is 1. The summed E-state index contributed by atoms with van der Waals surface area (Å²) < 4.78 is 25.5. The van der Waals surface area contributed by atoms with Gasteiger partial charge >= 0.3 is 0 Å². The van der Waals surface area contributed by atoms with Crippen LogP contribution in [-0.4, -0.2) is 11.2 Å². The van der Waals surface area contributed by atoms with E-state index in [0.29, 0.717) is 5.69 Å². The van der Waals surface area contributed by atoms with E-state index >= 15 is 0 Å². The van der Waals surface area contributed by atoms with Gasteiger partial charge in [0.05, 0.1) is 5.25 Å². The van der Waals surface area contributed by atoms with Gasteiger partial charge in [0.1, 0.15) is 11.6 Å². The Balaban J connectivity index is 1.94. The lowest BCUT2D eigenvalue weighted by Gasteiger charge is -2.12. The van der Waals surface area contributed by atoms with Crippen molar-refractivity contribution < 1.29 is 13.6 Å². The van der Waals surface area contributed by atoms with Crippen molar-refractivity contribution in [2.75, 3.05) is 5.32 Å². The van der Waals surface area contributed by atoms with Crippen LogP contribution < -0.4 is 5.32 Å². The fourth-order valence-electron chi connectivity index (χ4n) is 1.55. The van der Waals surface area contributed by atoms with Crippen molar-refractivity contribution in [2.24, 2.45) is 0 Å². The van der Waals surface area contributed by atoms with Crippen molar-refractivity contribution in [3.8, 4) is 0 Å². The van der Waals surface area contributed by atoms with Crippen LogP contribution in [0.3, 0.4) is 0 Å². The third-order valence-corrected chi connectivity index (χ3v) is 3.72. The van der Waals surface area contributed by atoms with Crippen molar-refractivity contribution in [2.45, 2.75) is 17.1 Å². The molecular formula is C15H13F2NOS. The third kappa shape index (κ3) is 4.06. The first-order valence-electron chi connectivity index (χ1n) is 6.03. The molecule has 0 aliphatic carbocycles. The molecule has 0 heterocycles. The van der Waals surface area contributed by atoms with Crippen LogP contribution in [0.4, 0.5) is 14.5 Å². The van der Waals surface area contributed by atoms with Gasteiger partial charge in [0.15, 0.2) is 0 Å². The molecule has 0 aliphatic rings. The van der Waals surface area contributed by atoms with Crippen molar-refractivity contribution in [1.29, 1.82) is 0 Å². The number of hydrogen-bond donors (Lipinski definition) is 1. The lowest BCUT2D eigenvalue weighted by Crippen LogP contribution is -2.22. The van der Waals surface area contributed by atoms with Gasteiger partial charge in [-0.15, -0.1) is 11.8 Å². The van der Waals surface area contributed by atoms with Gasteiger partial charge in [0.2, 0.25) is 5.91 Å². The first kappa shape index (κ1) is 14.5. The van der Waals surface area contributed by atoms with Gasteiger partial charge in [0, 0.05) is 10.6 Å². The Morgan fingerprint density at radius 2 is 1.50 bits per heavy atom. The van der Waals surface area contributed by atoms with E-state index in [9.17, 15) is 13.6 Å². The largest absolute Gasteiger partial charge is 0.325 e. The molecule has 1 N–H and O–H groups in total. The maximum Gasteiger partial charge on any atom is 0.237 e. The minimum absolute atomic E-state index is 0.189. The Hall–Kier alpha value is -1.88. The number of anilines is 1. The molecule has 0 unspecified atom stereocenters. The molecule has 104 valence electrons. The average Bonchev–Trinajstić information content (AvgIpc) is 2.44. The minimum atomic E-state index is -0.350. The average molecular weight is 293 g/mol. The van der Waals surface area contributed by atoms with E-state index in [-0.39, 0.29) is 22.8 Å². The van der Waals surface area contributed by atoms with E-state index in [1.807, 2.05) is 0 Å². The molecular weight excluding hydrogens is 280 g/mol. The predicted octanol–water partition coefficient (Wildman–Crippen LogP) is 4.08. The molecule has 0 saturated heterocycles. The lowest BCUT2D eigenvalue weighted by molar-refractivity contribution is -0.115. The van der Waals surface area contributed by atoms with Gasteiger partial charge in [0.25, 0.3) is 0 Å². The maximum absolute atomic E-state index is 12.8. The van der Waals surface area contributed by atoms with Crippen LogP contribution in [0, 0.1) is 11.6 Å². The van der Waals surface area contributed by atoms with Gasteiger partial charge in [-0.05, 0) is 55.5 Å². The molecule has 20 heavy (non-hydrogen) atoms. The molecule has 5 heteroatoms. The first-order chi connectivity index (χ1) is 9.54. The molecule has 0 spiro atoms. The summed E-state index contributed by atoms with van der Waals surface area (Å²) in [5.41, 5.74) is 0.544. The highest BCUT2D eigenvalue weighted by Gasteiger charge is 2.14. The van der Waals surface area contributed by atoms with Crippen LogP contribution in [0.15, 0.2) is 53.4 Å². The van der Waals surface area contributed by atoms with Crippen molar-refractivity contribution in [3.05, 3.63) is 60.2 Å². The topological polar surface area (TPSA) is 29.1 Å². The molecule has 0 aromatic heterocycles. The van der Waals surface area contributed by atoms with E-state index in [0.717, 1.165) is 4.90 Å². The van der Waals surface area contributed by atoms with E-state index < -0.39 is 0 Å². The number of amides is 1. The van der Waals surface area contributed by atoms with Gasteiger partial charge in [-0.2, -0.15) is 0 Å². The summed E-state index contributed by atoms with van der Waals surface area (Å²) in [6, 6.07) is 11.5. The molecule has 0 fully saturated rings. The smallest absolute Gasteiger partial charge is 0.237 e. The minimum Gasteiger partial charge on any atom is -0.325 e. The maximum atomic E-state index is 12.8. The quantitative estimate of drug-likeness (QED) is 0.860. The van der Waals surface area contributed by atoms with E-state index in [4.69, 9.17) is 0 Å². The Bertz CT molecular complexity index is 584. The zero-order valence-electron chi connectivity index (χ0n) is 10.8.